The molecule has 0 aliphatic rings. The Morgan fingerprint density at radius 2 is 1.96 bits per heavy atom. The molecule has 3 aromatic rings. The molecule has 25 heavy (non-hydrogen) atoms. The van der Waals surface area contributed by atoms with Gasteiger partial charge in [0.05, 0.1) is 6.26 Å². The third-order valence-electron chi connectivity index (χ3n) is 3.50. The van der Waals surface area contributed by atoms with Gasteiger partial charge in [0.15, 0.2) is 5.76 Å². The van der Waals surface area contributed by atoms with Crippen LogP contribution in [0, 0.1) is 0 Å². The molecule has 8 heteroatoms. The van der Waals surface area contributed by atoms with Crippen LogP contribution in [-0.4, -0.2) is 22.0 Å². The average Bonchev–Trinajstić information content (AvgIpc) is 3.29. The number of nitrogens with zero attached hydrogens (tertiary/aromatic N) is 2. The predicted molar refractivity (Wildman–Crippen MR) is 86.8 cm³/mol. The fraction of sp³-hybridized carbons (Fsp3) is 0.176. The lowest BCUT2D eigenvalue weighted by molar-refractivity contribution is -0.127. The first kappa shape index (κ1) is 16.4. The fourth-order valence-corrected chi connectivity index (χ4v) is 2.28. The first-order valence-corrected chi connectivity index (χ1v) is 7.63. The quantitative estimate of drug-likeness (QED) is 0.673. The van der Waals surface area contributed by atoms with Crippen LogP contribution in [0.25, 0.3) is 11.6 Å². The van der Waals surface area contributed by atoms with Crippen molar-refractivity contribution in [2.24, 2.45) is 5.73 Å². The molecular formula is C17H16N4O4. The van der Waals surface area contributed by atoms with Crippen LogP contribution in [0.1, 0.15) is 23.9 Å². The maximum Gasteiger partial charge on any atom is 0.244 e. The maximum atomic E-state index is 12.1. The van der Waals surface area contributed by atoms with E-state index in [4.69, 9.17) is 14.7 Å². The number of aromatic nitrogens is 2. The van der Waals surface area contributed by atoms with Gasteiger partial charge < -0.3 is 20.0 Å². The number of amides is 2. The highest BCUT2D eigenvalue weighted by Gasteiger charge is 2.20. The zero-order chi connectivity index (χ0) is 17.6. The van der Waals surface area contributed by atoms with Crippen molar-refractivity contribution in [3.63, 3.8) is 0 Å². The highest BCUT2D eigenvalue weighted by molar-refractivity contribution is 5.87. The van der Waals surface area contributed by atoms with Crippen molar-refractivity contribution in [1.29, 1.82) is 0 Å². The topological polar surface area (TPSA) is 124 Å². The minimum absolute atomic E-state index is 0.0798. The third kappa shape index (κ3) is 4.11. The lowest BCUT2D eigenvalue weighted by Gasteiger charge is -2.15. The zero-order valence-electron chi connectivity index (χ0n) is 13.2. The molecule has 3 N–H and O–H groups in total. The second-order valence-corrected chi connectivity index (χ2v) is 5.30. The summed E-state index contributed by atoms with van der Waals surface area (Å²) in [6.07, 6.45) is 1.82. The number of rotatable bonds is 7. The Balaban J connectivity index is 1.58. The van der Waals surface area contributed by atoms with Crippen molar-refractivity contribution >= 4 is 11.8 Å². The van der Waals surface area contributed by atoms with E-state index < -0.39 is 11.9 Å². The Kier molecular flexibility index (Phi) is 4.89. The van der Waals surface area contributed by atoms with Crippen LogP contribution in [0.3, 0.4) is 0 Å². The number of carbonyl (C=O) groups excluding carboxylic acids is 2. The molecule has 0 bridgehead atoms. The number of benzene rings is 1. The van der Waals surface area contributed by atoms with Crippen LogP contribution in [-0.2, 0) is 16.0 Å². The molecule has 0 unspecified atom stereocenters. The monoisotopic (exact) mass is 340 g/mol. The first-order chi connectivity index (χ1) is 12.1. The smallest absolute Gasteiger partial charge is 0.244 e. The van der Waals surface area contributed by atoms with Crippen LogP contribution < -0.4 is 11.1 Å². The number of primary amides is 1. The summed E-state index contributed by atoms with van der Waals surface area (Å²) in [6, 6.07) is 11.3. The molecule has 0 aliphatic heterocycles. The normalized spacial score (nSPS) is 11.8. The van der Waals surface area contributed by atoms with Gasteiger partial charge in [-0.1, -0.05) is 35.5 Å². The summed E-state index contributed by atoms with van der Waals surface area (Å²) in [7, 11) is 0. The lowest BCUT2D eigenvalue weighted by Crippen LogP contribution is -2.37. The van der Waals surface area contributed by atoms with Gasteiger partial charge in [-0.2, -0.15) is 4.98 Å². The minimum Gasteiger partial charge on any atom is -0.461 e. The van der Waals surface area contributed by atoms with E-state index in [-0.39, 0.29) is 18.7 Å². The van der Waals surface area contributed by atoms with E-state index in [0.29, 0.717) is 23.0 Å². The molecule has 0 aliphatic carbocycles. The molecule has 1 aromatic carbocycles. The van der Waals surface area contributed by atoms with Crippen molar-refractivity contribution in [2.75, 3.05) is 0 Å². The van der Waals surface area contributed by atoms with Gasteiger partial charge in [0.1, 0.15) is 6.04 Å². The van der Waals surface area contributed by atoms with Crippen molar-refractivity contribution in [3.8, 4) is 11.6 Å². The van der Waals surface area contributed by atoms with Gasteiger partial charge in [-0.25, -0.2) is 0 Å². The predicted octanol–water partition coefficient (Wildman–Crippen LogP) is 1.60. The van der Waals surface area contributed by atoms with Crippen LogP contribution in [0.2, 0.25) is 0 Å². The average molecular weight is 340 g/mol. The van der Waals surface area contributed by atoms with E-state index in [1.54, 1.807) is 36.4 Å². The number of furan rings is 1. The molecule has 128 valence electrons. The first-order valence-electron chi connectivity index (χ1n) is 7.63. The Bertz CT molecular complexity index is 843. The Morgan fingerprint density at radius 3 is 2.64 bits per heavy atom. The Morgan fingerprint density at radius 1 is 1.16 bits per heavy atom. The van der Waals surface area contributed by atoms with E-state index in [9.17, 15) is 9.59 Å². The number of nitrogens with two attached hydrogens (primary N) is 1. The zero-order valence-corrected chi connectivity index (χ0v) is 13.2. The molecule has 2 amide bonds. The lowest BCUT2D eigenvalue weighted by atomic mass is 10.1. The Labute approximate surface area is 143 Å². The van der Waals surface area contributed by atoms with Gasteiger partial charge in [0.2, 0.25) is 23.5 Å². The molecule has 2 heterocycles. The van der Waals surface area contributed by atoms with Crippen LogP contribution in [0.4, 0.5) is 0 Å². The van der Waals surface area contributed by atoms with Crippen LogP contribution in [0.5, 0.6) is 0 Å². The second-order valence-electron chi connectivity index (χ2n) is 5.30. The molecule has 0 radical (unpaired) electrons. The number of carbonyl (C=O) groups is 2. The molecule has 0 saturated heterocycles. The molecular weight excluding hydrogens is 324 g/mol. The standard InChI is InChI=1S/C17H16N4O4/c18-16(23)15(11-5-2-1-3-6-11)19-13(22)8-9-14-20-17(21-25-14)12-7-4-10-24-12/h1-7,10,15H,8-9H2,(H2,18,23)(H,19,22)/t15-/m1/s1. The van der Waals surface area contributed by atoms with Gasteiger partial charge in [0.25, 0.3) is 0 Å². The highest BCUT2D eigenvalue weighted by atomic mass is 16.5. The van der Waals surface area contributed by atoms with Crippen molar-refractivity contribution in [3.05, 3.63) is 60.2 Å². The summed E-state index contributed by atoms with van der Waals surface area (Å²) in [6.45, 7) is 0. The van der Waals surface area contributed by atoms with Gasteiger partial charge in [-0.3, -0.25) is 9.59 Å². The van der Waals surface area contributed by atoms with E-state index in [0.717, 1.165) is 0 Å². The van der Waals surface area contributed by atoms with Crippen LogP contribution in [0.15, 0.2) is 57.7 Å². The van der Waals surface area contributed by atoms with Crippen LogP contribution >= 0.6 is 0 Å². The number of nitrogens with one attached hydrogen (secondary N) is 1. The van der Waals surface area contributed by atoms with E-state index >= 15 is 0 Å². The summed E-state index contributed by atoms with van der Waals surface area (Å²) in [4.78, 5) is 27.9. The van der Waals surface area contributed by atoms with Gasteiger partial charge in [-0.05, 0) is 17.7 Å². The van der Waals surface area contributed by atoms with Gasteiger partial charge in [0, 0.05) is 12.8 Å². The summed E-state index contributed by atoms with van der Waals surface area (Å²) < 4.78 is 10.3. The molecule has 8 nitrogen and oxygen atoms in total. The largest absolute Gasteiger partial charge is 0.461 e. The number of aryl methyl sites for hydroxylation is 1. The van der Waals surface area contributed by atoms with E-state index in [1.165, 1.54) is 6.26 Å². The van der Waals surface area contributed by atoms with Crippen molar-refractivity contribution in [2.45, 2.75) is 18.9 Å². The summed E-state index contributed by atoms with van der Waals surface area (Å²) in [5.74, 6) is 0.136. The molecule has 3 rings (SSSR count). The Hall–Kier alpha value is -3.42. The number of hydrogen-bond acceptors (Lipinski definition) is 6. The second kappa shape index (κ2) is 7.43. The maximum absolute atomic E-state index is 12.1. The summed E-state index contributed by atoms with van der Waals surface area (Å²) >= 11 is 0. The fourth-order valence-electron chi connectivity index (χ4n) is 2.28. The number of hydrogen-bond donors (Lipinski definition) is 2. The van der Waals surface area contributed by atoms with E-state index in [2.05, 4.69) is 15.5 Å². The molecule has 0 spiro atoms. The third-order valence-corrected chi connectivity index (χ3v) is 3.50. The molecule has 0 saturated carbocycles. The van der Waals surface area contributed by atoms with Gasteiger partial charge in [-0.15, -0.1) is 0 Å². The summed E-state index contributed by atoms with van der Waals surface area (Å²) in [5.41, 5.74) is 6.00. The van der Waals surface area contributed by atoms with Crippen molar-refractivity contribution < 1.29 is 18.5 Å². The van der Waals surface area contributed by atoms with Crippen molar-refractivity contribution in [1.82, 2.24) is 15.5 Å². The van der Waals surface area contributed by atoms with Gasteiger partial charge >= 0.3 is 0 Å². The van der Waals surface area contributed by atoms with E-state index in [1.807, 2.05) is 6.07 Å². The summed E-state index contributed by atoms with van der Waals surface area (Å²) in [5, 5.41) is 6.40. The highest BCUT2D eigenvalue weighted by Crippen LogP contribution is 2.16. The molecule has 2 aromatic heterocycles. The molecule has 1 atom stereocenters. The molecule has 0 fully saturated rings. The SMILES string of the molecule is NC(=O)[C@H](NC(=O)CCc1nc(-c2ccco2)no1)c1ccccc1. The minimum atomic E-state index is -0.880.